The van der Waals surface area contributed by atoms with Crippen molar-refractivity contribution in [2.45, 2.75) is 88.9 Å². The number of aromatic nitrogens is 4. The van der Waals surface area contributed by atoms with Crippen LogP contribution in [0.5, 0.6) is 0 Å². The number of imidazole rings is 1. The molecule has 4 saturated carbocycles. The van der Waals surface area contributed by atoms with Crippen molar-refractivity contribution in [2.75, 3.05) is 17.0 Å². The molecule has 5 N–H and O–H groups in total. The third kappa shape index (κ3) is 5.30. The highest BCUT2D eigenvalue weighted by Crippen LogP contribution is 2.67. The van der Waals surface area contributed by atoms with E-state index in [-0.39, 0.29) is 28.1 Å². The first-order valence-corrected chi connectivity index (χ1v) is 17.4. The van der Waals surface area contributed by atoms with Crippen molar-refractivity contribution < 1.29 is 37.4 Å². The summed E-state index contributed by atoms with van der Waals surface area (Å²) < 4.78 is 50.5. The van der Waals surface area contributed by atoms with Gasteiger partial charge < -0.3 is 25.2 Å². The Hall–Kier alpha value is -1.38. The number of hydrogen-bond acceptors (Lipinski definition) is 10. The Bertz CT molecular complexity index is 1490. The smallest absolute Gasteiger partial charge is 0.274 e. The van der Waals surface area contributed by atoms with Gasteiger partial charge in [-0.15, -0.1) is 0 Å². The molecule has 13 nitrogen and oxygen atoms in total. The predicted molar refractivity (Wildman–Crippen MR) is 146 cm³/mol. The molecule has 2 aromatic heterocycles. The van der Waals surface area contributed by atoms with Gasteiger partial charge in [0.1, 0.15) is 12.2 Å². The van der Waals surface area contributed by atoms with Gasteiger partial charge in [0.2, 0.25) is 12.7 Å². The van der Waals surface area contributed by atoms with Crippen LogP contribution in [0.1, 0.15) is 65.0 Å². The molecular weight excluding hydrogens is 585 g/mol. The summed E-state index contributed by atoms with van der Waals surface area (Å²) in [5.41, 5.74) is -0.167. The van der Waals surface area contributed by atoms with E-state index in [4.69, 9.17) is 20.9 Å². The first kappa shape index (κ1) is 28.7. The lowest BCUT2D eigenvalue weighted by molar-refractivity contribution is -0.0973. The highest BCUT2D eigenvalue weighted by molar-refractivity contribution is 7.93. The Morgan fingerprint density at radius 1 is 1.15 bits per heavy atom. The number of nitrogens with one attached hydrogen (secondary N) is 1. The number of aliphatic hydroxyl groups excluding tert-OH is 2. The van der Waals surface area contributed by atoms with Crippen LogP contribution in [-0.4, -0.2) is 83.1 Å². The number of nitrogens with zero attached hydrogens (tertiary/aromatic N) is 4. The third-order valence-electron chi connectivity index (χ3n) is 9.14. The van der Waals surface area contributed by atoms with Crippen LogP contribution in [0, 0.1) is 16.7 Å². The fourth-order valence-corrected chi connectivity index (χ4v) is 12.2. The Labute approximate surface area is 236 Å². The number of rotatable bonds is 8. The van der Waals surface area contributed by atoms with Crippen LogP contribution in [0.3, 0.4) is 0 Å². The normalized spacial score (nSPS) is 40.5. The third-order valence-corrected chi connectivity index (χ3v) is 13.2. The van der Waals surface area contributed by atoms with Crippen molar-refractivity contribution in [1.29, 1.82) is 0 Å². The molecule has 3 heterocycles. The van der Waals surface area contributed by atoms with Gasteiger partial charge in [-0.1, -0.05) is 13.8 Å². The minimum Gasteiger partial charge on any atom is -0.388 e. The van der Waals surface area contributed by atoms with Crippen LogP contribution >= 0.6 is 19.0 Å². The number of aliphatic hydroxyl groups is 2. The van der Waals surface area contributed by atoms with Crippen molar-refractivity contribution in [1.82, 2.24) is 19.5 Å². The maximum atomic E-state index is 12.2. The molecule has 16 heteroatoms. The van der Waals surface area contributed by atoms with E-state index >= 15 is 0 Å². The summed E-state index contributed by atoms with van der Waals surface area (Å²) in [5.74, 6) is 1.15. The Balaban J connectivity index is 1.25. The highest BCUT2D eigenvalue weighted by Gasteiger charge is 2.60. The van der Waals surface area contributed by atoms with Crippen LogP contribution in [-0.2, 0) is 19.4 Å². The quantitative estimate of drug-likeness (QED) is 0.165. The van der Waals surface area contributed by atoms with Gasteiger partial charge in [0.15, 0.2) is 28.7 Å². The van der Waals surface area contributed by atoms with E-state index < -0.39 is 53.7 Å². The Kier molecular flexibility index (Phi) is 6.68. The van der Waals surface area contributed by atoms with Gasteiger partial charge in [-0.25, -0.2) is 4.98 Å². The van der Waals surface area contributed by atoms with E-state index in [9.17, 15) is 28.1 Å². The van der Waals surface area contributed by atoms with E-state index in [1.807, 2.05) is 0 Å². The number of anilines is 1. The van der Waals surface area contributed by atoms with E-state index in [2.05, 4.69) is 34.1 Å². The first-order valence-electron chi connectivity index (χ1n) is 13.4. The van der Waals surface area contributed by atoms with Crippen LogP contribution in [0.2, 0.25) is 5.28 Å². The Morgan fingerprint density at radius 2 is 1.82 bits per heavy atom. The average Bonchev–Trinajstić information content (AvgIpc) is 3.29. The fraction of sp³-hybridized carbons (Fsp3) is 0.792. The molecule has 9 atom stereocenters. The van der Waals surface area contributed by atoms with Gasteiger partial charge in [0.25, 0.3) is 10.1 Å². The molecule has 5 fully saturated rings. The first-order chi connectivity index (χ1) is 18.5. The van der Waals surface area contributed by atoms with Crippen LogP contribution in [0.25, 0.3) is 11.2 Å². The van der Waals surface area contributed by atoms with Crippen molar-refractivity contribution >= 4 is 46.1 Å². The molecule has 1 aliphatic heterocycles. The van der Waals surface area contributed by atoms with E-state index in [1.165, 1.54) is 30.2 Å². The molecule has 2 aromatic rings. The second-order valence-corrected chi connectivity index (χ2v) is 18.0. The molecule has 40 heavy (non-hydrogen) atoms. The molecule has 5 aliphatic rings. The van der Waals surface area contributed by atoms with Gasteiger partial charge >= 0.3 is 0 Å². The summed E-state index contributed by atoms with van der Waals surface area (Å²) in [6, 6.07) is 0. The average molecular weight is 620 g/mol. The molecule has 222 valence electrons. The number of hydrogen-bond donors (Lipinski definition) is 5. The van der Waals surface area contributed by atoms with Crippen LogP contribution < -0.4 is 5.32 Å². The van der Waals surface area contributed by atoms with Crippen molar-refractivity contribution in [3.63, 3.8) is 0 Å². The topological polar surface area (TPSA) is 197 Å². The van der Waals surface area contributed by atoms with Gasteiger partial charge in [0.05, 0.1) is 12.4 Å². The van der Waals surface area contributed by atoms with Gasteiger partial charge in [-0.3, -0.25) is 13.7 Å². The molecule has 7 rings (SSSR count). The van der Waals surface area contributed by atoms with Gasteiger partial charge in [-0.2, -0.15) is 18.4 Å². The second kappa shape index (κ2) is 9.31. The summed E-state index contributed by atoms with van der Waals surface area (Å²) in [4.78, 5) is 23.3. The summed E-state index contributed by atoms with van der Waals surface area (Å²) in [5, 5.41) is 25.1. The summed E-state index contributed by atoms with van der Waals surface area (Å²) in [7, 11) is -8.93. The van der Waals surface area contributed by atoms with Crippen molar-refractivity contribution in [3.8, 4) is 0 Å². The maximum absolute atomic E-state index is 12.2. The molecular formula is C24H35ClN5O8PS. The van der Waals surface area contributed by atoms with Gasteiger partial charge in [-0.05, 0) is 73.3 Å². The monoisotopic (exact) mass is 619 g/mol. The van der Waals surface area contributed by atoms with E-state index in [0.717, 1.165) is 19.3 Å². The molecule has 0 spiro atoms. The summed E-state index contributed by atoms with van der Waals surface area (Å²) >= 11 is 6.36. The molecule has 0 aromatic carbocycles. The largest absolute Gasteiger partial charge is 0.388 e. The van der Waals surface area contributed by atoms with E-state index in [0.29, 0.717) is 22.9 Å². The fourth-order valence-electron chi connectivity index (χ4n) is 8.85. The van der Waals surface area contributed by atoms with Crippen molar-refractivity contribution in [3.05, 3.63) is 11.6 Å². The maximum Gasteiger partial charge on any atom is 0.274 e. The number of ether oxygens (including phenoxy) is 1. The predicted octanol–water partition coefficient (Wildman–Crippen LogP) is 2.77. The number of halogens is 1. The lowest BCUT2D eigenvalue weighted by atomic mass is 9.43. The molecule has 4 unspecified atom stereocenters. The minimum absolute atomic E-state index is 0.0186. The minimum atomic E-state index is -4.67. The van der Waals surface area contributed by atoms with Crippen LogP contribution in [0.15, 0.2) is 6.33 Å². The second-order valence-electron chi connectivity index (χ2n) is 13.3. The molecule has 0 amide bonds. The van der Waals surface area contributed by atoms with E-state index in [1.54, 1.807) is 0 Å². The Morgan fingerprint density at radius 3 is 2.45 bits per heavy atom. The van der Waals surface area contributed by atoms with Crippen LogP contribution in [0.4, 0.5) is 5.82 Å². The van der Waals surface area contributed by atoms with Gasteiger partial charge in [0, 0.05) is 11.7 Å². The molecule has 1 saturated heterocycles. The number of fused-ring (bicyclic) bond motifs is 1. The zero-order valence-electron chi connectivity index (χ0n) is 22.3. The van der Waals surface area contributed by atoms with Crippen molar-refractivity contribution in [2.24, 2.45) is 16.7 Å². The summed E-state index contributed by atoms with van der Waals surface area (Å²) in [6.45, 7) is 4.75. The molecule has 4 bridgehead atoms. The molecule has 0 radical (unpaired) electrons. The molecule has 4 aliphatic carbocycles. The zero-order chi connectivity index (χ0) is 28.9. The highest BCUT2D eigenvalue weighted by atomic mass is 35.5. The SMILES string of the molecule is C[C@]12CC3CC(Nc4nc(Cl)nc5c4ncn5[C@@H]4O[C@H](CCP(=O)(O)CS(=O)(=O)O)C(O)[C@@H]4O)(C1)C[C@@](C)(C3)C2. The lowest BCUT2D eigenvalue weighted by Gasteiger charge is -2.65. The lowest BCUT2D eigenvalue weighted by Crippen LogP contribution is -2.61. The standard InChI is InChI=1S/C24H35ClN5O8PS/c1-22-5-13-6-23(2,8-22)10-24(7-13,9-22)29-18-15-19(28-21(25)27-18)30(11-26-15)20-17(32)16(31)14(38-20)3-4-39(33,34)12-40(35,36)37/h11,13-14,16-17,20,31-32H,3-10,12H2,1-2H3,(H,33,34)(H,27,28,29)(H,35,36,37)/t13?,14-,16?,17+,20-,22-,23+,24?/m1/s1. The summed E-state index contributed by atoms with van der Waals surface area (Å²) in [6.07, 6.45) is 2.36. The zero-order valence-corrected chi connectivity index (χ0v) is 24.7.